The molecule has 2 heteroatoms. The summed E-state index contributed by atoms with van der Waals surface area (Å²) in [5.41, 5.74) is 6.88. The maximum Gasteiger partial charge on any atom is 0.120 e. The summed E-state index contributed by atoms with van der Waals surface area (Å²) in [4.78, 5) is 0. The number of phenols is 1. The molecule has 1 radical (unpaired) electrons. The van der Waals surface area contributed by atoms with Crippen LogP contribution in [0.5, 0.6) is 5.75 Å². The molecule has 0 aliphatic carbocycles. The molecule has 3 N–H and O–H groups in total. The van der Waals surface area contributed by atoms with Gasteiger partial charge in [0.2, 0.25) is 0 Å². The highest BCUT2D eigenvalue weighted by Gasteiger charge is 1.96. The second kappa shape index (κ2) is 2.71. The molecule has 0 heterocycles. The minimum Gasteiger partial charge on any atom is -0.508 e. The van der Waals surface area contributed by atoms with E-state index in [0.717, 1.165) is 11.1 Å². The number of hydrogen-bond donors (Lipinski definition) is 2. The second-order valence-electron chi connectivity index (χ2n) is 2.17. The van der Waals surface area contributed by atoms with E-state index in [0.29, 0.717) is 6.54 Å². The van der Waals surface area contributed by atoms with Crippen LogP contribution in [0.2, 0.25) is 0 Å². The average molecular weight is 136 g/mol. The fourth-order valence-electron chi connectivity index (χ4n) is 0.782. The Morgan fingerprint density at radius 1 is 1.50 bits per heavy atom. The van der Waals surface area contributed by atoms with Crippen molar-refractivity contribution in [3.63, 3.8) is 0 Å². The van der Waals surface area contributed by atoms with Crippen molar-refractivity contribution < 1.29 is 5.11 Å². The van der Waals surface area contributed by atoms with Crippen LogP contribution in [0.4, 0.5) is 0 Å². The fraction of sp³-hybridized carbons (Fsp3) is 0.125. The van der Waals surface area contributed by atoms with Crippen molar-refractivity contribution in [1.29, 1.82) is 0 Å². The average Bonchev–Trinajstić information content (AvgIpc) is 1.88. The minimum atomic E-state index is 0.231. The van der Waals surface area contributed by atoms with Crippen LogP contribution in [0.1, 0.15) is 11.1 Å². The minimum absolute atomic E-state index is 0.231. The Labute approximate surface area is 60.3 Å². The third-order valence-corrected chi connectivity index (χ3v) is 1.37. The summed E-state index contributed by atoms with van der Waals surface area (Å²) in [6.45, 7) is 4.02. The Morgan fingerprint density at radius 2 is 2.20 bits per heavy atom. The van der Waals surface area contributed by atoms with Crippen molar-refractivity contribution in [1.82, 2.24) is 0 Å². The normalized spacial score (nSPS) is 9.80. The largest absolute Gasteiger partial charge is 0.508 e. The molecule has 1 aromatic rings. The third-order valence-electron chi connectivity index (χ3n) is 1.37. The second-order valence-corrected chi connectivity index (χ2v) is 2.17. The standard InChI is InChI=1S/C8H10NO/c1-6-2-3-7(5-9)8(10)4-6/h2-4,10H,1,5,9H2. The van der Waals surface area contributed by atoms with Gasteiger partial charge in [0.05, 0.1) is 0 Å². The van der Waals surface area contributed by atoms with Crippen molar-refractivity contribution in [2.75, 3.05) is 0 Å². The Hall–Kier alpha value is -1.02. The number of phenolic OH excluding ortho intramolecular Hbond substituents is 1. The first-order valence-corrected chi connectivity index (χ1v) is 3.08. The van der Waals surface area contributed by atoms with Crippen LogP contribution in [0.25, 0.3) is 0 Å². The molecular formula is C8H10NO. The van der Waals surface area contributed by atoms with Gasteiger partial charge in [-0.25, -0.2) is 0 Å². The Bertz CT molecular complexity index is 233. The first-order chi connectivity index (χ1) is 4.74. The Balaban J connectivity index is 3.07. The molecule has 0 aromatic heterocycles. The molecule has 0 saturated carbocycles. The lowest BCUT2D eigenvalue weighted by Gasteiger charge is -2.00. The summed E-state index contributed by atoms with van der Waals surface area (Å²) in [6, 6.07) is 5.20. The molecule has 0 spiro atoms. The van der Waals surface area contributed by atoms with Crippen LogP contribution in [0.3, 0.4) is 0 Å². The predicted molar refractivity (Wildman–Crippen MR) is 40.5 cm³/mol. The summed E-state index contributed by atoms with van der Waals surface area (Å²) in [6.07, 6.45) is 0. The molecule has 0 saturated heterocycles. The van der Waals surface area contributed by atoms with Crippen molar-refractivity contribution in [3.05, 3.63) is 36.2 Å². The summed E-state index contributed by atoms with van der Waals surface area (Å²) in [5.74, 6) is 0.231. The van der Waals surface area contributed by atoms with E-state index in [1.54, 1.807) is 12.1 Å². The molecule has 1 aromatic carbocycles. The molecular weight excluding hydrogens is 126 g/mol. The molecule has 0 amide bonds. The maximum atomic E-state index is 9.17. The highest BCUT2D eigenvalue weighted by Crippen LogP contribution is 2.16. The van der Waals surface area contributed by atoms with E-state index in [9.17, 15) is 5.11 Å². The molecule has 0 unspecified atom stereocenters. The van der Waals surface area contributed by atoms with E-state index >= 15 is 0 Å². The van der Waals surface area contributed by atoms with E-state index in [2.05, 4.69) is 6.92 Å². The molecule has 10 heavy (non-hydrogen) atoms. The van der Waals surface area contributed by atoms with Crippen LogP contribution >= 0.6 is 0 Å². The highest BCUT2D eigenvalue weighted by atomic mass is 16.3. The van der Waals surface area contributed by atoms with E-state index < -0.39 is 0 Å². The van der Waals surface area contributed by atoms with Gasteiger partial charge in [-0.3, -0.25) is 0 Å². The van der Waals surface area contributed by atoms with Crippen molar-refractivity contribution >= 4 is 0 Å². The number of rotatable bonds is 1. The lowest BCUT2D eigenvalue weighted by atomic mass is 10.1. The van der Waals surface area contributed by atoms with Gasteiger partial charge in [-0.15, -0.1) is 0 Å². The topological polar surface area (TPSA) is 46.2 Å². The van der Waals surface area contributed by atoms with Gasteiger partial charge in [0.15, 0.2) is 0 Å². The first-order valence-electron chi connectivity index (χ1n) is 3.08. The molecule has 0 atom stereocenters. The molecule has 0 bridgehead atoms. The van der Waals surface area contributed by atoms with E-state index in [1.165, 1.54) is 0 Å². The zero-order valence-electron chi connectivity index (χ0n) is 5.67. The summed E-state index contributed by atoms with van der Waals surface area (Å²) in [7, 11) is 0. The third kappa shape index (κ3) is 1.28. The van der Waals surface area contributed by atoms with Crippen molar-refractivity contribution in [2.45, 2.75) is 6.54 Å². The van der Waals surface area contributed by atoms with E-state index in [1.807, 2.05) is 6.07 Å². The lowest BCUT2D eigenvalue weighted by molar-refractivity contribution is 0.468. The first kappa shape index (κ1) is 7.09. The Kier molecular flexibility index (Phi) is 1.92. The molecule has 0 fully saturated rings. The van der Waals surface area contributed by atoms with Gasteiger partial charge >= 0.3 is 0 Å². The summed E-state index contributed by atoms with van der Waals surface area (Å²) >= 11 is 0. The van der Waals surface area contributed by atoms with Gasteiger partial charge in [0.25, 0.3) is 0 Å². The van der Waals surface area contributed by atoms with Crippen molar-refractivity contribution in [2.24, 2.45) is 5.73 Å². The van der Waals surface area contributed by atoms with Crippen LogP contribution in [0, 0.1) is 6.92 Å². The molecule has 0 aliphatic heterocycles. The van der Waals surface area contributed by atoms with E-state index in [4.69, 9.17) is 5.73 Å². The van der Waals surface area contributed by atoms with Gasteiger partial charge < -0.3 is 10.8 Å². The zero-order chi connectivity index (χ0) is 7.56. The lowest BCUT2D eigenvalue weighted by Crippen LogP contribution is -1.96. The smallest absolute Gasteiger partial charge is 0.120 e. The summed E-state index contributed by atoms with van der Waals surface area (Å²) < 4.78 is 0. The predicted octanol–water partition coefficient (Wildman–Crippen LogP) is 1.03. The summed E-state index contributed by atoms with van der Waals surface area (Å²) in [5, 5.41) is 9.17. The van der Waals surface area contributed by atoms with Crippen molar-refractivity contribution in [3.8, 4) is 5.75 Å². The quantitative estimate of drug-likeness (QED) is 0.605. The van der Waals surface area contributed by atoms with Crippen LogP contribution in [0.15, 0.2) is 18.2 Å². The van der Waals surface area contributed by atoms with Gasteiger partial charge in [-0.1, -0.05) is 12.1 Å². The molecule has 0 aliphatic rings. The van der Waals surface area contributed by atoms with Gasteiger partial charge in [0.1, 0.15) is 5.75 Å². The maximum absolute atomic E-state index is 9.17. The SMILES string of the molecule is [CH2]c1ccc(CN)c(O)c1. The number of hydrogen-bond acceptors (Lipinski definition) is 2. The number of benzene rings is 1. The zero-order valence-corrected chi connectivity index (χ0v) is 5.67. The number of nitrogens with two attached hydrogens (primary N) is 1. The van der Waals surface area contributed by atoms with Crippen LogP contribution in [-0.4, -0.2) is 5.11 Å². The van der Waals surface area contributed by atoms with Crippen LogP contribution in [-0.2, 0) is 6.54 Å². The fourth-order valence-corrected chi connectivity index (χ4v) is 0.782. The monoisotopic (exact) mass is 136 g/mol. The number of aromatic hydroxyl groups is 1. The molecule has 2 nitrogen and oxygen atoms in total. The Morgan fingerprint density at radius 3 is 2.70 bits per heavy atom. The molecule has 53 valence electrons. The van der Waals surface area contributed by atoms with Gasteiger partial charge in [-0.05, 0) is 18.6 Å². The van der Waals surface area contributed by atoms with E-state index in [-0.39, 0.29) is 5.75 Å². The highest BCUT2D eigenvalue weighted by molar-refractivity contribution is 5.37. The van der Waals surface area contributed by atoms with Gasteiger partial charge in [0, 0.05) is 12.1 Å². The molecule has 1 rings (SSSR count). The van der Waals surface area contributed by atoms with Crippen LogP contribution < -0.4 is 5.73 Å². The van der Waals surface area contributed by atoms with Gasteiger partial charge in [-0.2, -0.15) is 0 Å².